The van der Waals surface area contributed by atoms with Crippen LogP contribution >= 0.6 is 11.3 Å². The molecule has 0 spiro atoms. The fourth-order valence-electron chi connectivity index (χ4n) is 4.12. The standard InChI is InChI=1S/C19H27N3O2S/c1-2-24-18(23)22-11-4-10-21(12-13-22)16-6-8-19(15-20,9-7-16)17-5-3-14-25-17/h3,5,14,16H,2,4,6-13H2,1H3. The molecule has 1 aromatic rings. The molecule has 1 aliphatic heterocycles. The molecular formula is C19H27N3O2S. The van der Waals surface area contributed by atoms with Crippen LogP contribution in [0.4, 0.5) is 4.79 Å². The van der Waals surface area contributed by atoms with E-state index in [0.717, 1.165) is 58.3 Å². The van der Waals surface area contributed by atoms with Crippen molar-refractivity contribution in [2.24, 2.45) is 0 Å². The number of ether oxygens (including phenoxy) is 1. The molecule has 25 heavy (non-hydrogen) atoms. The molecule has 0 N–H and O–H groups in total. The van der Waals surface area contributed by atoms with Crippen LogP contribution in [0.25, 0.3) is 0 Å². The Hall–Kier alpha value is -1.58. The van der Waals surface area contributed by atoms with Crippen LogP contribution in [0.1, 0.15) is 43.9 Å². The van der Waals surface area contributed by atoms with Gasteiger partial charge in [0.15, 0.2) is 0 Å². The quantitative estimate of drug-likeness (QED) is 0.825. The van der Waals surface area contributed by atoms with Gasteiger partial charge >= 0.3 is 6.09 Å². The van der Waals surface area contributed by atoms with Crippen molar-refractivity contribution in [1.82, 2.24) is 9.80 Å². The lowest BCUT2D eigenvalue weighted by atomic mass is 9.72. The van der Waals surface area contributed by atoms with Crippen LogP contribution in [0.15, 0.2) is 17.5 Å². The molecule has 1 amide bonds. The number of carbonyl (C=O) groups excluding carboxylic acids is 1. The predicted molar refractivity (Wildman–Crippen MR) is 98.7 cm³/mol. The topological polar surface area (TPSA) is 56.6 Å². The maximum atomic E-state index is 11.9. The lowest BCUT2D eigenvalue weighted by Crippen LogP contribution is -2.44. The summed E-state index contributed by atoms with van der Waals surface area (Å²) in [6.07, 6.45) is 4.80. The minimum atomic E-state index is -0.284. The maximum Gasteiger partial charge on any atom is 0.409 e. The largest absolute Gasteiger partial charge is 0.450 e. The van der Waals surface area contributed by atoms with Gasteiger partial charge in [-0.1, -0.05) is 6.07 Å². The van der Waals surface area contributed by atoms with E-state index in [2.05, 4.69) is 22.4 Å². The number of amides is 1. The normalized spacial score (nSPS) is 28.2. The first-order valence-electron chi connectivity index (χ1n) is 9.29. The van der Waals surface area contributed by atoms with E-state index in [1.807, 2.05) is 17.9 Å². The molecule has 0 unspecified atom stereocenters. The maximum absolute atomic E-state index is 11.9. The van der Waals surface area contributed by atoms with Crippen LogP contribution < -0.4 is 0 Å². The summed E-state index contributed by atoms with van der Waals surface area (Å²) in [5.41, 5.74) is -0.284. The molecule has 6 heteroatoms. The Morgan fingerprint density at radius 1 is 1.36 bits per heavy atom. The van der Waals surface area contributed by atoms with Crippen molar-refractivity contribution in [2.75, 3.05) is 32.8 Å². The van der Waals surface area contributed by atoms with E-state index in [1.165, 1.54) is 4.88 Å². The predicted octanol–water partition coefficient (Wildman–Crippen LogP) is 3.62. The SMILES string of the molecule is CCOC(=O)N1CCCN(C2CCC(C#N)(c3cccs3)CC2)CC1. The lowest BCUT2D eigenvalue weighted by Gasteiger charge is -2.39. The van der Waals surface area contributed by atoms with E-state index in [0.29, 0.717) is 12.6 Å². The van der Waals surface area contributed by atoms with Crippen LogP contribution in [0, 0.1) is 11.3 Å². The van der Waals surface area contributed by atoms with Gasteiger partial charge in [0.1, 0.15) is 0 Å². The summed E-state index contributed by atoms with van der Waals surface area (Å²) in [5, 5.41) is 11.9. The van der Waals surface area contributed by atoms with Crippen LogP contribution in [-0.2, 0) is 10.2 Å². The Labute approximate surface area is 154 Å². The molecule has 1 aliphatic carbocycles. The van der Waals surface area contributed by atoms with E-state index in [4.69, 9.17) is 4.74 Å². The third-order valence-electron chi connectivity index (χ3n) is 5.59. The van der Waals surface area contributed by atoms with Gasteiger partial charge in [-0.25, -0.2) is 4.79 Å². The molecular weight excluding hydrogens is 334 g/mol. The molecule has 1 saturated carbocycles. The summed E-state index contributed by atoms with van der Waals surface area (Å²) in [6.45, 7) is 5.73. The van der Waals surface area contributed by atoms with Crippen LogP contribution in [-0.4, -0.2) is 54.7 Å². The number of hydrogen-bond acceptors (Lipinski definition) is 5. The second-order valence-corrected chi connectivity index (χ2v) is 7.93. The Balaban J connectivity index is 1.56. The van der Waals surface area contributed by atoms with Crippen molar-refractivity contribution in [3.8, 4) is 6.07 Å². The fourth-order valence-corrected chi connectivity index (χ4v) is 5.06. The third kappa shape index (κ3) is 3.99. The molecule has 1 saturated heterocycles. The van der Waals surface area contributed by atoms with E-state index >= 15 is 0 Å². The molecule has 0 atom stereocenters. The van der Waals surface area contributed by atoms with Gasteiger partial charge in [0, 0.05) is 37.1 Å². The molecule has 2 fully saturated rings. The molecule has 1 aromatic heterocycles. The van der Waals surface area contributed by atoms with Crippen molar-refractivity contribution in [3.05, 3.63) is 22.4 Å². The van der Waals surface area contributed by atoms with Gasteiger partial charge < -0.3 is 9.64 Å². The van der Waals surface area contributed by atoms with Crippen LogP contribution in [0.2, 0.25) is 0 Å². The van der Waals surface area contributed by atoms with Crippen molar-refractivity contribution in [2.45, 2.75) is 50.5 Å². The summed E-state index contributed by atoms with van der Waals surface area (Å²) in [6, 6.07) is 7.30. The van der Waals surface area contributed by atoms with Crippen LogP contribution in [0.5, 0.6) is 0 Å². The highest BCUT2D eigenvalue weighted by Crippen LogP contribution is 2.42. The highest BCUT2D eigenvalue weighted by atomic mass is 32.1. The van der Waals surface area contributed by atoms with E-state index in [1.54, 1.807) is 11.3 Å². The summed E-state index contributed by atoms with van der Waals surface area (Å²) in [7, 11) is 0. The summed E-state index contributed by atoms with van der Waals surface area (Å²) >= 11 is 1.71. The van der Waals surface area contributed by atoms with Gasteiger partial charge in [0.05, 0.1) is 18.1 Å². The number of rotatable bonds is 3. The fraction of sp³-hybridized carbons (Fsp3) is 0.684. The zero-order chi connectivity index (χ0) is 17.7. The minimum absolute atomic E-state index is 0.186. The van der Waals surface area contributed by atoms with Gasteiger partial charge in [0.2, 0.25) is 0 Å². The van der Waals surface area contributed by atoms with Crippen molar-refractivity contribution >= 4 is 17.4 Å². The van der Waals surface area contributed by atoms with Crippen molar-refractivity contribution in [3.63, 3.8) is 0 Å². The van der Waals surface area contributed by atoms with Crippen molar-refractivity contribution < 1.29 is 9.53 Å². The van der Waals surface area contributed by atoms with E-state index < -0.39 is 0 Å². The smallest absolute Gasteiger partial charge is 0.409 e. The molecule has 0 bridgehead atoms. The first kappa shape index (κ1) is 18.2. The number of nitrogens with zero attached hydrogens (tertiary/aromatic N) is 3. The lowest BCUT2D eigenvalue weighted by molar-refractivity contribution is 0.104. The minimum Gasteiger partial charge on any atom is -0.450 e. The number of hydrogen-bond donors (Lipinski definition) is 0. The average Bonchev–Trinajstić information content (AvgIpc) is 3.07. The Morgan fingerprint density at radius 2 is 2.16 bits per heavy atom. The van der Waals surface area contributed by atoms with Gasteiger partial charge in [-0.15, -0.1) is 11.3 Å². The third-order valence-corrected chi connectivity index (χ3v) is 6.66. The molecule has 0 radical (unpaired) electrons. The zero-order valence-corrected chi connectivity index (χ0v) is 15.8. The first-order chi connectivity index (χ1) is 12.2. The molecule has 5 nitrogen and oxygen atoms in total. The Bertz CT molecular complexity index is 603. The number of thiophene rings is 1. The summed E-state index contributed by atoms with van der Waals surface area (Å²) < 4.78 is 5.13. The molecule has 2 heterocycles. The molecule has 136 valence electrons. The van der Waals surface area contributed by atoms with Gasteiger partial charge in [-0.05, 0) is 50.5 Å². The second kappa shape index (κ2) is 8.20. The monoisotopic (exact) mass is 361 g/mol. The summed E-state index contributed by atoms with van der Waals surface area (Å²) in [5.74, 6) is 0. The van der Waals surface area contributed by atoms with Crippen LogP contribution in [0.3, 0.4) is 0 Å². The van der Waals surface area contributed by atoms with E-state index in [-0.39, 0.29) is 11.5 Å². The highest BCUT2D eigenvalue weighted by Gasteiger charge is 2.39. The molecule has 3 rings (SSSR count). The number of nitriles is 1. The highest BCUT2D eigenvalue weighted by molar-refractivity contribution is 7.10. The average molecular weight is 362 g/mol. The summed E-state index contributed by atoms with van der Waals surface area (Å²) in [4.78, 5) is 17.5. The molecule has 0 aromatic carbocycles. The van der Waals surface area contributed by atoms with E-state index in [9.17, 15) is 10.1 Å². The first-order valence-corrected chi connectivity index (χ1v) is 10.2. The van der Waals surface area contributed by atoms with Gasteiger partial charge in [0.25, 0.3) is 0 Å². The number of carbonyl (C=O) groups is 1. The Morgan fingerprint density at radius 3 is 2.80 bits per heavy atom. The Kier molecular flexibility index (Phi) is 5.98. The van der Waals surface area contributed by atoms with Gasteiger partial charge in [-0.2, -0.15) is 5.26 Å². The zero-order valence-electron chi connectivity index (χ0n) is 14.9. The van der Waals surface area contributed by atoms with Gasteiger partial charge in [-0.3, -0.25) is 4.90 Å². The second-order valence-electron chi connectivity index (χ2n) is 6.98. The van der Waals surface area contributed by atoms with Crippen molar-refractivity contribution in [1.29, 1.82) is 5.26 Å². The molecule has 2 aliphatic rings.